The second-order valence-corrected chi connectivity index (χ2v) is 10.5. The van der Waals surface area contributed by atoms with E-state index in [2.05, 4.69) is 95.3 Å². The Balaban J connectivity index is 0.000000269. The molecule has 43 heavy (non-hydrogen) atoms. The predicted molar refractivity (Wildman–Crippen MR) is 177 cm³/mol. The van der Waals surface area contributed by atoms with Crippen molar-refractivity contribution in [3.63, 3.8) is 0 Å². The molecule has 1 nitrogen and oxygen atoms in total. The van der Waals surface area contributed by atoms with Crippen molar-refractivity contribution < 1.29 is 17.9 Å². The highest BCUT2D eigenvalue weighted by Gasteiger charge is 1.95. The molecule has 0 aliphatic carbocycles. The fourth-order valence-corrected chi connectivity index (χ4v) is 3.50. The van der Waals surface area contributed by atoms with E-state index in [1.165, 1.54) is 57.6 Å². The van der Waals surface area contributed by atoms with Crippen molar-refractivity contribution in [2.75, 3.05) is 7.11 Å². The Kier molecular flexibility index (Phi) is 16.9. The second kappa shape index (κ2) is 19.7. The van der Waals surface area contributed by atoms with E-state index in [0.29, 0.717) is 5.56 Å². The summed E-state index contributed by atoms with van der Waals surface area (Å²) in [6.45, 7) is 16.0. The average molecular weight is 587 g/mol. The molecular formula is C39H45F3O. The van der Waals surface area contributed by atoms with Crippen molar-refractivity contribution in [2.24, 2.45) is 0 Å². The number of rotatable bonds is 1. The van der Waals surface area contributed by atoms with E-state index in [1.54, 1.807) is 20.1 Å². The van der Waals surface area contributed by atoms with Crippen LogP contribution >= 0.6 is 0 Å². The summed E-state index contributed by atoms with van der Waals surface area (Å²) in [5.41, 5.74) is 9.31. The van der Waals surface area contributed by atoms with Crippen LogP contribution in [-0.2, 0) is 0 Å². The van der Waals surface area contributed by atoms with Gasteiger partial charge in [-0.2, -0.15) is 0 Å². The van der Waals surface area contributed by atoms with E-state index in [0.717, 1.165) is 17.4 Å². The minimum absolute atomic E-state index is 0.162. The van der Waals surface area contributed by atoms with Gasteiger partial charge in [0.2, 0.25) is 0 Å². The van der Waals surface area contributed by atoms with Gasteiger partial charge in [0, 0.05) is 6.07 Å². The Morgan fingerprint density at radius 2 is 0.744 bits per heavy atom. The molecule has 0 saturated carbocycles. The highest BCUT2D eigenvalue weighted by Crippen LogP contribution is 2.17. The van der Waals surface area contributed by atoms with Gasteiger partial charge in [0.25, 0.3) is 0 Å². The predicted octanol–water partition coefficient (Wildman–Crippen LogP) is 11.3. The normalized spacial score (nSPS) is 9.40. The molecule has 5 aromatic carbocycles. The second-order valence-electron chi connectivity index (χ2n) is 10.5. The van der Waals surface area contributed by atoms with Gasteiger partial charge in [-0.15, -0.1) is 0 Å². The molecule has 0 aliphatic heterocycles. The van der Waals surface area contributed by atoms with E-state index >= 15 is 0 Å². The van der Waals surface area contributed by atoms with Crippen molar-refractivity contribution in [3.05, 3.63) is 171 Å². The standard InChI is InChI=1S/C9H12O.2C8H10.C7H6F2.C7H7F/c1-7-4-5-8(2)9(6-7)10-3;2*1-7-3-5-8(2)6-4-7;1-5-2-6(8)4-7(9)3-5;1-6-3-2-4-7(8)5-6/h4-6H,1-3H3;2*3-6H,1-2H3;2-4H,1H3;2-5H,1H3. The minimum Gasteiger partial charge on any atom is -0.496 e. The molecule has 0 amide bonds. The fourth-order valence-electron chi connectivity index (χ4n) is 3.50. The number of aryl methyl sites for hydroxylation is 8. The number of methoxy groups -OCH3 is 1. The lowest BCUT2D eigenvalue weighted by Crippen LogP contribution is -1.86. The molecule has 0 heterocycles. The maximum Gasteiger partial charge on any atom is 0.126 e. The number of hydrogen-bond acceptors (Lipinski definition) is 1. The SMILES string of the molecule is COc1cc(C)ccc1C.Cc1cc(F)cc(F)c1.Cc1ccc(C)cc1.Cc1ccc(C)cc1.Cc1cccc(F)c1. The van der Waals surface area contributed by atoms with Gasteiger partial charge in [-0.05, 0) is 108 Å². The van der Waals surface area contributed by atoms with Crippen LogP contribution in [0.25, 0.3) is 0 Å². The Hall–Kier alpha value is -4.31. The van der Waals surface area contributed by atoms with Crippen LogP contribution in [0.15, 0.2) is 109 Å². The minimum atomic E-state index is -0.521. The van der Waals surface area contributed by atoms with Crippen LogP contribution in [-0.4, -0.2) is 7.11 Å². The molecule has 5 aromatic rings. The molecule has 228 valence electrons. The molecule has 0 aromatic heterocycles. The Bertz CT molecular complexity index is 1340. The monoisotopic (exact) mass is 586 g/mol. The van der Waals surface area contributed by atoms with Gasteiger partial charge in [-0.25, -0.2) is 13.2 Å². The van der Waals surface area contributed by atoms with Gasteiger partial charge in [-0.1, -0.05) is 95.1 Å². The van der Waals surface area contributed by atoms with Crippen molar-refractivity contribution in [1.82, 2.24) is 0 Å². The van der Waals surface area contributed by atoms with Gasteiger partial charge >= 0.3 is 0 Å². The third-order valence-corrected chi connectivity index (χ3v) is 5.99. The van der Waals surface area contributed by atoms with Crippen molar-refractivity contribution in [1.29, 1.82) is 0 Å². The summed E-state index contributed by atoms with van der Waals surface area (Å²) in [7, 11) is 1.70. The molecule has 0 aliphatic rings. The zero-order valence-corrected chi connectivity index (χ0v) is 26.9. The molecule has 4 heteroatoms. The van der Waals surface area contributed by atoms with E-state index in [1.807, 2.05) is 26.0 Å². The van der Waals surface area contributed by atoms with Crippen LogP contribution < -0.4 is 4.74 Å². The molecule has 0 bridgehead atoms. The summed E-state index contributed by atoms with van der Waals surface area (Å²) >= 11 is 0. The Morgan fingerprint density at radius 3 is 1.05 bits per heavy atom. The van der Waals surface area contributed by atoms with Crippen LogP contribution in [0.1, 0.15) is 44.5 Å². The van der Waals surface area contributed by atoms with Crippen molar-refractivity contribution >= 4 is 0 Å². The van der Waals surface area contributed by atoms with Crippen LogP contribution in [0.3, 0.4) is 0 Å². The molecule has 0 atom stereocenters. The molecule has 0 unspecified atom stereocenters. The number of ether oxygens (including phenoxy) is 1. The summed E-state index contributed by atoms with van der Waals surface area (Å²) in [5, 5.41) is 0. The number of halogens is 3. The molecule has 0 radical (unpaired) electrons. The maximum atomic E-state index is 12.2. The van der Waals surface area contributed by atoms with E-state index in [4.69, 9.17) is 4.74 Å². The molecule has 0 N–H and O–H groups in total. The van der Waals surface area contributed by atoms with Crippen LogP contribution in [0, 0.1) is 72.8 Å². The smallest absolute Gasteiger partial charge is 0.126 e. The summed E-state index contributed by atoms with van der Waals surface area (Å²) in [5.74, 6) is -0.231. The largest absolute Gasteiger partial charge is 0.496 e. The lowest BCUT2D eigenvalue weighted by Gasteiger charge is -2.03. The summed E-state index contributed by atoms with van der Waals surface area (Å²) in [6, 6.07) is 33.1. The van der Waals surface area contributed by atoms with Gasteiger partial charge in [0.15, 0.2) is 0 Å². The number of benzene rings is 5. The van der Waals surface area contributed by atoms with Crippen molar-refractivity contribution in [2.45, 2.75) is 55.4 Å². The fraction of sp³-hybridized carbons (Fsp3) is 0.231. The molecule has 5 rings (SSSR count). The first-order valence-electron chi connectivity index (χ1n) is 14.1. The average Bonchev–Trinajstić information content (AvgIpc) is 2.94. The highest BCUT2D eigenvalue weighted by atomic mass is 19.1. The van der Waals surface area contributed by atoms with Crippen molar-refractivity contribution in [3.8, 4) is 5.75 Å². The first-order chi connectivity index (χ1) is 20.3. The van der Waals surface area contributed by atoms with E-state index in [-0.39, 0.29) is 5.82 Å². The third-order valence-electron chi connectivity index (χ3n) is 5.99. The quantitative estimate of drug-likeness (QED) is 0.190. The molecular weight excluding hydrogens is 541 g/mol. The van der Waals surface area contributed by atoms with Crippen LogP contribution in [0.5, 0.6) is 5.75 Å². The van der Waals surface area contributed by atoms with E-state index in [9.17, 15) is 13.2 Å². The van der Waals surface area contributed by atoms with Gasteiger partial charge in [-0.3, -0.25) is 0 Å². The Morgan fingerprint density at radius 1 is 0.372 bits per heavy atom. The topological polar surface area (TPSA) is 9.23 Å². The zero-order chi connectivity index (χ0) is 32.4. The van der Waals surface area contributed by atoms with E-state index < -0.39 is 11.6 Å². The van der Waals surface area contributed by atoms with Gasteiger partial charge < -0.3 is 4.74 Å². The molecule has 0 spiro atoms. The number of hydrogen-bond donors (Lipinski definition) is 0. The Labute approximate surface area is 257 Å². The third kappa shape index (κ3) is 17.3. The van der Waals surface area contributed by atoms with Crippen LogP contribution in [0.2, 0.25) is 0 Å². The lowest BCUT2D eigenvalue weighted by atomic mass is 10.1. The first-order valence-corrected chi connectivity index (χ1v) is 14.1. The lowest BCUT2D eigenvalue weighted by molar-refractivity contribution is 0.411. The first kappa shape index (κ1) is 36.7. The molecule has 0 saturated heterocycles. The summed E-state index contributed by atoms with van der Waals surface area (Å²) in [4.78, 5) is 0. The maximum absolute atomic E-state index is 12.2. The highest BCUT2D eigenvalue weighted by molar-refractivity contribution is 5.35. The molecule has 0 fully saturated rings. The van der Waals surface area contributed by atoms with Crippen LogP contribution in [0.4, 0.5) is 13.2 Å². The summed E-state index contributed by atoms with van der Waals surface area (Å²) < 4.78 is 41.7. The van der Waals surface area contributed by atoms with Gasteiger partial charge in [0.05, 0.1) is 7.11 Å². The zero-order valence-electron chi connectivity index (χ0n) is 26.9. The summed E-state index contributed by atoms with van der Waals surface area (Å²) in [6.07, 6.45) is 0. The van der Waals surface area contributed by atoms with Gasteiger partial charge in [0.1, 0.15) is 23.2 Å².